The summed E-state index contributed by atoms with van der Waals surface area (Å²) in [5.74, 6) is 0.867. The van der Waals surface area contributed by atoms with Crippen LogP contribution in [0.1, 0.15) is 18.4 Å². The van der Waals surface area contributed by atoms with Crippen molar-refractivity contribution in [1.82, 2.24) is 29.8 Å². The molecule has 0 bridgehead atoms. The highest BCUT2D eigenvalue weighted by atomic mass is 15.4. The third kappa shape index (κ3) is 2.01. The molecule has 0 saturated carbocycles. The van der Waals surface area contributed by atoms with Gasteiger partial charge in [0.25, 0.3) is 0 Å². The van der Waals surface area contributed by atoms with Crippen molar-refractivity contribution in [3.05, 3.63) is 24.0 Å². The lowest BCUT2D eigenvalue weighted by molar-refractivity contribution is 0.588. The van der Waals surface area contributed by atoms with Crippen LogP contribution in [-0.4, -0.2) is 29.8 Å². The van der Waals surface area contributed by atoms with E-state index in [1.54, 1.807) is 11.0 Å². The third-order valence-corrected chi connectivity index (χ3v) is 2.14. The molecule has 0 aliphatic rings. The highest BCUT2D eigenvalue weighted by Gasteiger charge is 2.05. The van der Waals surface area contributed by atoms with E-state index in [2.05, 4.69) is 20.5 Å². The molecule has 0 radical (unpaired) electrons. The molecule has 2 heterocycles. The van der Waals surface area contributed by atoms with Crippen molar-refractivity contribution in [1.29, 1.82) is 0 Å². The zero-order valence-corrected chi connectivity index (χ0v) is 8.54. The van der Waals surface area contributed by atoms with Crippen LogP contribution in [0.2, 0.25) is 0 Å². The maximum absolute atomic E-state index is 5.44. The second kappa shape index (κ2) is 4.18. The summed E-state index contributed by atoms with van der Waals surface area (Å²) in [4.78, 5) is 0. The van der Waals surface area contributed by atoms with Gasteiger partial charge in [-0.2, -0.15) is 0 Å². The Hall–Kier alpha value is -1.76. The van der Waals surface area contributed by atoms with Crippen LogP contribution < -0.4 is 5.73 Å². The lowest BCUT2D eigenvalue weighted by Crippen LogP contribution is -2.08. The van der Waals surface area contributed by atoms with Gasteiger partial charge in [0.15, 0.2) is 5.82 Å². The highest BCUT2D eigenvalue weighted by molar-refractivity contribution is 4.93. The van der Waals surface area contributed by atoms with Crippen molar-refractivity contribution in [2.75, 3.05) is 0 Å². The van der Waals surface area contributed by atoms with Crippen LogP contribution in [-0.2, 0) is 19.6 Å². The Morgan fingerprint density at radius 2 is 2.27 bits per heavy atom. The van der Waals surface area contributed by atoms with Crippen molar-refractivity contribution in [2.45, 2.75) is 26.6 Å². The molecule has 80 valence electrons. The summed E-state index contributed by atoms with van der Waals surface area (Å²) in [5, 5.41) is 15.7. The number of hydrogen-bond acceptors (Lipinski definition) is 5. The van der Waals surface area contributed by atoms with Gasteiger partial charge < -0.3 is 10.3 Å². The summed E-state index contributed by atoms with van der Waals surface area (Å²) in [7, 11) is 0. The molecule has 7 heteroatoms. The largest absolute Gasteiger partial charge is 0.325 e. The molecule has 7 nitrogen and oxygen atoms in total. The molecule has 0 aliphatic heterocycles. The molecule has 2 N–H and O–H groups in total. The quantitative estimate of drug-likeness (QED) is 0.723. The van der Waals surface area contributed by atoms with Gasteiger partial charge in [-0.05, 0) is 6.92 Å². The van der Waals surface area contributed by atoms with Crippen LogP contribution in [0, 0.1) is 0 Å². The number of nitrogens with zero attached hydrogens (tertiary/aromatic N) is 6. The molecule has 0 atom stereocenters. The molecule has 2 aromatic heterocycles. The van der Waals surface area contributed by atoms with Gasteiger partial charge in [0.1, 0.15) is 12.9 Å². The van der Waals surface area contributed by atoms with Crippen molar-refractivity contribution in [3.8, 4) is 0 Å². The minimum Gasteiger partial charge on any atom is -0.325 e. The topological polar surface area (TPSA) is 87.4 Å². The Bertz CT molecular complexity index is 430. The van der Waals surface area contributed by atoms with Crippen LogP contribution in [0.25, 0.3) is 0 Å². The molecule has 0 aliphatic carbocycles. The molecule has 15 heavy (non-hydrogen) atoms. The zero-order chi connectivity index (χ0) is 10.7. The Labute approximate surface area is 86.9 Å². The highest BCUT2D eigenvalue weighted by Crippen LogP contribution is 1.99. The second-order valence-electron chi connectivity index (χ2n) is 3.14. The van der Waals surface area contributed by atoms with Gasteiger partial charge in [-0.15, -0.1) is 15.3 Å². The van der Waals surface area contributed by atoms with E-state index < -0.39 is 0 Å². The summed E-state index contributed by atoms with van der Waals surface area (Å²) in [6.45, 7) is 3.86. The van der Waals surface area contributed by atoms with Crippen LogP contribution in [0.5, 0.6) is 0 Å². The van der Waals surface area contributed by atoms with Gasteiger partial charge in [-0.3, -0.25) is 0 Å². The minimum absolute atomic E-state index is 0.403. The predicted molar refractivity (Wildman–Crippen MR) is 52.7 cm³/mol. The van der Waals surface area contributed by atoms with E-state index in [0.717, 1.165) is 18.1 Å². The summed E-state index contributed by atoms with van der Waals surface area (Å²) in [6, 6.07) is 0. The molecular weight excluding hydrogens is 194 g/mol. The van der Waals surface area contributed by atoms with E-state index >= 15 is 0 Å². The Morgan fingerprint density at radius 3 is 2.93 bits per heavy atom. The maximum Gasteiger partial charge on any atom is 0.154 e. The van der Waals surface area contributed by atoms with Crippen LogP contribution in [0.15, 0.2) is 12.5 Å². The monoisotopic (exact) mass is 207 g/mol. The first-order valence-electron chi connectivity index (χ1n) is 4.79. The zero-order valence-electron chi connectivity index (χ0n) is 8.54. The fourth-order valence-electron chi connectivity index (χ4n) is 1.32. The normalized spacial score (nSPS) is 10.8. The number of hydrogen-bond donors (Lipinski definition) is 1. The lowest BCUT2D eigenvalue weighted by atomic mass is 10.5. The average Bonchev–Trinajstić information content (AvgIpc) is 2.87. The molecule has 2 rings (SSSR count). The SMILES string of the molecule is CCn1cnnc1Cn1cc(CN)nn1. The Morgan fingerprint density at radius 1 is 1.40 bits per heavy atom. The Kier molecular flexibility index (Phi) is 2.72. The van der Waals surface area contributed by atoms with E-state index in [-0.39, 0.29) is 0 Å². The lowest BCUT2D eigenvalue weighted by Gasteiger charge is -2.01. The molecule has 0 aromatic carbocycles. The van der Waals surface area contributed by atoms with Gasteiger partial charge in [0.2, 0.25) is 0 Å². The summed E-state index contributed by atoms with van der Waals surface area (Å²) in [6.07, 6.45) is 3.52. The first-order valence-corrected chi connectivity index (χ1v) is 4.79. The van der Waals surface area contributed by atoms with Crippen LogP contribution in [0.3, 0.4) is 0 Å². The second-order valence-corrected chi connectivity index (χ2v) is 3.14. The van der Waals surface area contributed by atoms with E-state index in [1.807, 2.05) is 17.7 Å². The number of aromatic nitrogens is 6. The van der Waals surface area contributed by atoms with Crippen molar-refractivity contribution in [3.63, 3.8) is 0 Å². The van der Waals surface area contributed by atoms with Gasteiger partial charge in [0.05, 0.1) is 11.9 Å². The van der Waals surface area contributed by atoms with E-state index in [9.17, 15) is 0 Å². The average molecular weight is 207 g/mol. The van der Waals surface area contributed by atoms with E-state index in [0.29, 0.717) is 13.1 Å². The molecule has 0 unspecified atom stereocenters. The minimum atomic E-state index is 0.403. The van der Waals surface area contributed by atoms with E-state index in [4.69, 9.17) is 5.73 Å². The number of rotatable bonds is 4. The predicted octanol–water partition coefficient (Wildman–Crippen LogP) is -0.603. The summed E-state index contributed by atoms with van der Waals surface area (Å²) in [5.41, 5.74) is 6.22. The van der Waals surface area contributed by atoms with Crippen LogP contribution in [0.4, 0.5) is 0 Å². The van der Waals surface area contributed by atoms with Gasteiger partial charge in [-0.25, -0.2) is 4.68 Å². The number of aryl methyl sites for hydroxylation is 1. The van der Waals surface area contributed by atoms with Crippen molar-refractivity contribution in [2.24, 2.45) is 5.73 Å². The fourth-order valence-corrected chi connectivity index (χ4v) is 1.32. The smallest absolute Gasteiger partial charge is 0.154 e. The fraction of sp³-hybridized carbons (Fsp3) is 0.500. The van der Waals surface area contributed by atoms with Gasteiger partial charge in [0, 0.05) is 13.1 Å². The third-order valence-electron chi connectivity index (χ3n) is 2.14. The first kappa shape index (κ1) is 9.78. The van der Waals surface area contributed by atoms with E-state index in [1.165, 1.54) is 0 Å². The Balaban J connectivity index is 2.14. The molecule has 0 amide bonds. The standard InChI is InChI=1S/C8H13N7/c1-2-14-6-10-12-8(14)5-15-4-7(3-9)11-13-15/h4,6H,2-3,5,9H2,1H3. The van der Waals surface area contributed by atoms with Gasteiger partial charge >= 0.3 is 0 Å². The molecule has 2 aromatic rings. The first-order chi connectivity index (χ1) is 7.33. The summed E-state index contributed by atoms with van der Waals surface area (Å²) >= 11 is 0. The van der Waals surface area contributed by atoms with Crippen molar-refractivity contribution >= 4 is 0 Å². The summed E-state index contributed by atoms with van der Waals surface area (Å²) < 4.78 is 3.67. The maximum atomic E-state index is 5.44. The molecular formula is C8H13N7. The van der Waals surface area contributed by atoms with Crippen molar-refractivity contribution < 1.29 is 0 Å². The van der Waals surface area contributed by atoms with Crippen LogP contribution >= 0.6 is 0 Å². The molecule has 0 spiro atoms. The molecule has 0 saturated heterocycles. The molecule has 0 fully saturated rings. The number of nitrogens with two attached hydrogens (primary N) is 1. The van der Waals surface area contributed by atoms with Gasteiger partial charge in [-0.1, -0.05) is 5.21 Å².